The molecule has 5 rings (SSSR count). The van der Waals surface area contributed by atoms with Crippen LogP contribution in [0.15, 0.2) is 42.7 Å². The van der Waals surface area contributed by atoms with Gasteiger partial charge in [0.1, 0.15) is 23.5 Å². The first-order valence-corrected chi connectivity index (χ1v) is 11.2. The van der Waals surface area contributed by atoms with E-state index in [-0.39, 0.29) is 0 Å². The third-order valence-electron chi connectivity index (χ3n) is 6.30. The van der Waals surface area contributed by atoms with Crippen molar-refractivity contribution < 1.29 is 4.74 Å². The molecule has 2 aliphatic heterocycles. The molecule has 2 saturated heterocycles. The van der Waals surface area contributed by atoms with E-state index in [1.54, 1.807) is 18.3 Å². The lowest BCUT2D eigenvalue weighted by molar-refractivity contribution is 0.122. The Morgan fingerprint density at radius 1 is 1.03 bits per heavy atom. The molecule has 8 heteroatoms. The van der Waals surface area contributed by atoms with E-state index in [9.17, 15) is 5.26 Å². The lowest BCUT2D eigenvalue weighted by Crippen LogP contribution is -2.38. The molecule has 2 aliphatic rings. The fourth-order valence-electron chi connectivity index (χ4n) is 4.47. The zero-order chi connectivity index (χ0) is 21.8. The molecular formula is C24H27N7O. The number of hydrogen-bond acceptors (Lipinski definition) is 8. The molecule has 0 amide bonds. The van der Waals surface area contributed by atoms with Gasteiger partial charge in [-0.05, 0) is 43.0 Å². The van der Waals surface area contributed by atoms with Crippen molar-refractivity contribution in [3.8, 4) is 6.07 Å². The molecule has 8 nitrogen and oxygen atoms in total. The van der Waals surface area contributed by atoms with Gasteiger partial charge in [-0.15, -0.1) is 0 Å². The summed E-state index contributed by atoms with van der Waals surface area (Å²) in [5, 5.41) is 13.7. The highest BCUT2D eigenvalue weighted by atomic mass is 16.5. The maximum absolute atomic E-state index is 9.26. The number of morpholine rings is 1. The van der Waals surface area contributed by atoms with Crippen LogP contribution in [0.5, 0.6) is 0 Å². The van der Waals surface area contributed by atoms with Gasteiger partial charge in [0.25, 0.3) is 0 Å². The minimum absolute atomic E-state index is 0.534. The lowest BCUT2D eigenvalue weighted by atomic mass is 9.96. The predicted octanol–water partition coefficient (Wildman–Crippen LogP) is 3.06. The molecule has 0 spiro atoms. The molecule has 0 unspecified atom stereocenters. The molecule has 0 aliphatic carbocycles. The van der Waals surface area contributed by atoms with Crippen molar-refractivity contribution in [1.29, 1.82) is 5.26 Å². The van der Waals surface area contributed by atoms with Gasteiger partial charge in [0.15, 0.2) is 0 Å². The summed E-state index contributed by atoms with van der Waals surface area (Å²) in [6, 6.07) is 12.0. The predicted molar refractivity (Wildman–Crippen MR) is 125 cm³/mol. The second kappa shape index (κ2) is 9.37. The van der Waals surface area contributed by atoms with E-state index >= 15 is 0 Å². The Morgan fingerprint density at radius 3 is 2.62 bits per heavy atom. The number of ether oxygens (including phenoxy) is 1. The molecule has 2 fully saturated rings. The Kier molecular flexibility index (Phi) is 5.99. The molecule has 0 bridgehead atoms. The summed E-state index contributed by atoms with van der Waals surface area (Å²) in [5.74, 6) is 3.22. The number of pyridine rings is 3. The van der Waals surface area contributed by atoms with Crippen LogP contribution in [-0.2, 0) is 4.74 Å². The van der Waals surface area contributed by atoms with Crippen molar-refractivity contribution in [3.63, 3.8) is 0 Å². The van der Waals surface area contributed by atoms with Crippen LogP contribution in [0.4, 0.5) is 17.5 Å². The van der Waals surface area contributed by atoms with Gasteiger partial charge < -0.3 is 19.9 Å². The Bertz CT molecular complexity index is 1110. The Morgan fingerprint density at radius 2 is 1.81 bits per heavy atom. The first-order chi connectivity index (χ1) is 15.8. The number of rotatable bonds is 5. The zero-order valence-electron chi connectivity index (χ0n) is 18.1. The largest absolute Gasteiger partial charge is 0.378 e. The summed E-state index contributed by atoms with van der Waals surface area (Å²) in [6.45, 7) is 5.90. The zero-order valence-corrected chi connectivity index (χ0v) is 18.1. The minimum atomic E-state index is 0.534. The number of hydrogen-bond donors (Lipinski definition) is 1. The number of anilines is 3. The van der Waals surface area contributed by atoms with Crippen LogP contribution in [0.2, 0.25) is 0 Å². The summed E-state index contributed by atoms with van der Waals surface area (Å²) < 4.78 is 5.51. The van der Waals surface area contributed by atoms with E-state index < -0.39 is 0 Å². The molecule has 0 saturated carbocycles. The summed E-state index contributed by atoms with van der Waals surface area (Å²) in [4.78, 5) is 18.7. The molecule has 0 atom stereocenters. The highest BCUT2D eigenvalue weighted by molar-refractivity contribution is 5.91. The topological polar surface area (TPSA) is 90.2 Å². The molecule has 3 aromatic rings. The van der Waals surface area contributed by atoms with Gasteiger partial charge in [-0.2, -0.15) is 5.26 Å². The lowest BCUT2D eigenvalue weighted by Gasteiger charge is -2.35. The molecule has 0 radical (unpaired) electrons. The maximum Gasteiger partial charge on any atom is 0.143 e. The average Bonchev–Trinajstić information content (AvgIpc) is 2.88. The van der Waals surface area contributed by atoms with Crippen molar-refractivity contribution in [2.75, 3.05) is 61.1 Å². The second-order valence-electron chi connectivity index (χ2n) is 8.30. The second-order valence-corrected chi connectivity index (χ2v) is 8.30. The van der Waals surface area contributed by atoms with E-state index in [1.165, 1.54) is 0 Å². The average molecular weight is 430 g/mol. The molecular weight excluding hydrogens is 402 g/mol. The molecule has 32 heavy (non-hydrogen) atoms. The van der Waals surface area contributed by atoms with Crippen molar-refractivity contribution in [1.82, 2.24) is 15.0 Å². The fraction of sp³-hybridized carbons (Fsp3) is 0.417. The van der Waals surface area contributed by atoms with Crippen LogP contribution in [0.25, 0.3) is 10.9 Å². The van der Waals surface area contributed by atoms with Crippen molar-refractivity contribution >= 4 is 28.4 Å². The Hall–Kier alpha value is -3.44. The normalized spacial score (nSPS) is 17.3. The fourth-order valence-corrected chi connectivity index (χ4v) is 4.47. The standard InChI is InChI=1S/C24H27N7O/c25-16-19-3-1-8-27-23(19)28-17-18-5-9-31(10-6-18)24-20-4-2-7-26-21(20)15-22(29-24)30-11-13-32-14-12-30/h1-4,7-8,15,18H,5-6,9-14,17H2,(H,27,28). The van der Waals surface area contributed by atoms with Gasteiger partial charge in [-0.3, -0.25) is 4.98 Å². The van der Waals surface area contributed by atoms with Crippen molar-refractivity contribution in [3.05, 3.63) is 48.3 Å². The highest BCUT2D eigenvalue weighted by Gasteiger charge is 2.24. The number of piperidine rings is 1. The van der Waals surface area contributed by atoms with Crippen LogP contribution in [0.1, 0.15) is 18.4 Å². The SMILES string of the molecule is N#Cc1cccnc1NCC1CCN(c2nc(N3CCOCC3)cc3ncccc23)CC1. The van der Waals surface area contributed by atoms with E-state index in [4.69, 9.17) is 9.72 Å². The number of nitrogens with zero attached hydrogens (tertiary/aromatic N) is 6. The van der Waals surface area contributed by atoms with Gasteiger partial charge in [0.05, 0.1) is 24.3 Å². The Labute approximate surface area is 187 Å². The smallest absolute Gasteiger partial charge is 0.143 e. The van der Waals surface area contributed by atoms with E-state index in [0.29, 0.717) is 17.3 Å². The molecule has 164 valence electrons. The molecule has 0 aromatic carbocycles. The quantitative estimate of drug-likeness (QED) is 0.662. The maximum atomic E-state index is 9.26. The third kappa shape index (κ3) is 4.30. The van der Waals surface area contributed by atoms with Crippen LogP contribution < -0.4 is 15.1 Å². The van der Waals surface area contributed by atoms with Crippen LogP contribution in [0.3, 0.4) is 0 Å². The van der Waals surface area contributed by atoms with Crippen LogP contribution >= 0.6 is 0 Å². The van der Waals surface area contributed by atoms with Gasteiger partial charge in [0, 0.05) is 56.6 Å². The van der Waals surface area contributed by atoms with Gasteiger partial charge in [0.2, 0.25) is 0 Å². The molecule has 3 aromatic heterocycles. The summed E-state index contributed by atoms with van der Waals surface area (Å²) in [7, 11) is 0. The highest BCUT2D eigenvalue weighted by Crippen LogP contribution is 2.31. The van der Waals surface area contributed by atoms with Gasteiger partial charge >= 0.3 is 0 Å². The summed E-state index contributed by atoms with van der Waals surface area (Å²) >= 11 is 0. The molecule has 5 heterocycles. The Balaban J connectivity index is 1.29. The summed E-state index contributed by atoms with van der Waals surface area (Å²) in [5.41, 5.74) is 1.58. The van der Waals surface area contributed by atoms with Crippen LogP contribution in [-0.4, -0.2) is 60.9 Å². The number of nitriles is 1. The third-order valence-corrected chi connectivity index (χ3v) is 6.30. The first-order valence-electron chi connectivity index (χ1n) is 11.2. The van der Waals surface area contributed by atoms with Crippen LogP contribution in [0, 0.1) is 17.2 Å². The van der Waals surface area contributed by atoms with Crippen molar-refractivity contribution in [2.45, 2.75) is 12.8 Å². The van der Waals surface area contributed by atoms with E-state index in [0.717, 1.165) is 81.3 Å². The van der Waals surface area contributed by atoms with E-state index in [2.05, 4.69) is 43.3 Å². The monoisotopic (exact) mass is 429 g/mol. The number of fused-ring (bicyclic) bond motifs is 1. The van der Waals surface area contributed by atoms with Crippen molar-refractivity contribution in [2.24, 2.45) is 5.92 Å². The number of aromatic nitrogens is 3. The van der Waals surface area contributed by atoms with Gasteiger partial charge in [-0.25, -0.2) is 9.97 Å². The minimum Gasteiger partial charge on any atom is -0.378 e. The van der Waals surface area contributed by atoms with Gasteiger partial charge in [-0.1, -0.05) is 0 Å². The number of nitrogens with one attached hydrogen (secondary N) is 1. The molecule has 1 N–H and O–H groups in total. The summed E-state index contributed by atoms with van der Waals surface area (Å²) in [6.07, 6.45) is 5.69. The first kappa shape index (κ1) is 20.5. The van der Waals surface area contributed by atoms with E-state index in [1.807, 2.05) is 12.3 Å².